The maximum atomic E-state index is 9.83. The molecule has 1 fully saturated rings. The molecule has 0 aliphatic heterocycles. The first-order valence-corrected chi connectivity index (χ1v) is 7.18. The molecule has 1 aliphatic rings. The Bertz CT molecular complexity index is 125. The number of hydrogen-bond acceptors (Lipinski definition) is 1. The van der Waals surface area contributed by atoms with E-state index in [9.17, 15) is 5.11 Å². The first-order valence-electron chi connectivity index (χ1n) is 4.61. The van der Waals surface area contributed by atoms with Crippen LogP contribution in [0.5, 0.6) is 0 Å². The minimum absolute atomic E-state index is 0.00707. The summed E-state index contributed by atoms with van der Waals surface area (Å²) < 4.78 is 0. The van der Waals surface area contributed by atoms with E-state index in [-0.39, 0.29) is 14.9 Å². The zero-order chi connectivity index (χ0) is 8.43. The van der Waals surface area contributed by atoms with E-state index in [1.165, 1.54) is 19.3 Å². The summed E-state index contributed by atoms with van der Waals surface area (Å²) in [6.07, 6.45) is 3.84. The summed E-state index contributed by atoms with van der Waals surface area (Å²) in [5, 5.41) is 9.83. The van der Waals surface area contributed by atoms with Crippen LogP contribution in [-0.2, 0) is 0 Å². The lowest BCUT2D eigenvalue weighted by molar-refractivity contribution is 0.0783. The number of aliphatic hydroxyl groups is 1. The Hall–Kier alpha value is 0.177. The van der Waals surface area contributed by atoms with Gasteiger partial charge in [0.1, 0.15) is 0 Å². The van der Waals surface area contributed by atoms with Crippen molar-refractivity contribution in [2.45, 2.75) is 50.9 Å². The molecule has 0 aromatic rings. The van der Waals surface area contributed by atoms with Gasteiger partial charge in [-0.2, -0.15) is 0 Å². The molecule has 0 aromatic carbocycles. The van der Waals surface area contributed by atoms with Gasteiger partial charge in [0.2, 0.25) is 0 Å². The van der Waals surface area contributed by atoms with Crippen LogP contribution in [-0.4, -0.2) is 20.0 Å². The molecule has 0 bridgehead atoms. The van der Waals surface area contributed by atoms with E-state index in [1.807, 2.05) is 0 Å². The van der Waals surface area contributed by atoms with Gasteiger partial charge in [0, 0.05) is 8.80 Å². The van der Waals surface area contributed by atoms with E-state index in [0.717, 1.165) is 0 Å². The van der Waals surface area contributed by atoms with Crippen LogP contribution in [0.25, 0.3) is 0 Å². The molecule has 0 saturated heterocycles. The van der Waals surface area contributed by atoms with Gasteiger partial charge in [0.15, 0.2) is 0 Å². The standard InChI is InChI=1S/C9H19OSi/c1-7-5-4-6-8(9(7)10)11(2)3/h7-10H,4-6H2,1-3H3/t7-,8?,9-/m0/s1. The largest absolute Gasteiger partial charge is 0.393 e. The van der Waals surface area contributed by atoms with E-state index in [0.29, 0.717) is 11.5 Å². The van der Waals surface area contributed by atoms with Gasteiger partial charge in [-0.05, 0) is 17.9 Å². The van der Waals surface area contributed by atoms with E-state index >= 15 is 0 Å². The fraction of sp³-hybridized carbons (Fsp3) is 1.00. The van der Waals surface area contributed by atoms with Crippen molar-refractivity contribution in [1.29, 1.82) is 0 Å². The van der Waals surface area contributed by atoms with Crippen molar-refractivity contribution in [2.24, 2.45) is 5.92 Å². The molecule has 1 saturated carbocycles. The molecule has 0 heterocycles. The summed E-state index contributed by atoms with van der Waals surface area (Å²) in [4.78, 5) is 0. The van der Waals surface area contributed by atoms with E-state index < -0.39 is 0 Å². The Morgan fingerprint density at radius 2 is 1.91 bits per heavy atom. The van der Waals surface area contributed by atoms with Crippen LogP contribution >= 0.6 is 0 Å². The van der Waals surface area contributed by atoms with Gasteiger partial charge >= 0.3 is 0 Å². The third-order valence-corrected chi connectivity index (χ3v) is 5.02. The first-order chi connectivity index (χ1) is 5.13. The molecule has 65 valence electrons. The van der Waals surface area contributed by atoms with Crippen molar-refractivity contribution < 1.29 is 5.11 Å². The molecule has 0 spiro atoms. The Morgan fingerprint density at radius 1 is 1.27 bits per heavy atom. The van der Waals surface area contributed by atoms with Gasteiger partial charge in [-0.25, -0.2) is 0 Å². The molecule has 11 heavy (non-hydrogen) atoms. The number of hydrogen-bond donors (Lipinski definition) is 1. The second-order valence-electron chi connectivity index (χ2n) is 4.08. The van der Waals surface area contributed by atoms with Gasteiger partial charge in [-0.3, -0.25) is 0 Å². The lowest BCUT2D eigenvalue weighted by atomic mass is 9.87. The van der Waals surface area contributed by atoms with Gasteiger partial charge in [0.25, 0.3) is 0 Å². The van der Waals surface area contributed by atoms with Crippen molar-refractivity contribution in [3.8, 4) is 0 Å². The average Bonchev–Trinajstić information content (AvgIpc) is 1.94. The van der Waals surface area contributed by atoms with Crippen molar-refractivity contribution in [3.05, 3.63) is 0 Å². The minimum atomic E-state index is -0.266. The highest BCUT2D eigenvalue weighted by molar-refractivity contribution is 6.57. The molecule has 0 amide bonds. The molecule has 0 aromatic heterocycles. The monoisotopic (exact) mass is 171 g/mol. The molecule has 1 radical (unpaired) electrons. The summed E-state index contributed by atoms with van der Waals surface area (Å²) in [5.74, 6) is 0.550. The van der Waals surface area contributed by atoms with Gasteiger partial charge in [-0.1, -0.05) is 32.9 Å². The Labute approximate surface area is 71.4 Å². The van der Waals surface area contributed by atoms with Gasteiger partial charge in [-0.15, -0.1) is 0 Å². The van der Waals surface area contributed by atoms with Gasteiger partial charge < -0.3 is 5.11 Å². The molecule has 3 atom stereocenters. The van der Waals surface area contributed by atoms with Crippen LogP contribution in [0.3, 0.4) is 0 Å². The van der Waals surface area contributed by atoms with E-state index in [2.05, 4.69) is 20.0 Å². The lowest BCUT2D eigenvalue weighted by Gasteiger charge is -2.34. The maximum Gasteiger partial charge on any atom is 0.0568 e. The SMILES string of the molecule is C[C@H]1CCCC([Si](C)C)[C@H]1O. The molecule has 1 aliphatic carbocycles. The molecule has 1 rings (SSSR count). The fourth-order valence-electron chi connectivity index (χ4n) is 2.03. The third kappa shape index (κ3) is 2.06. The first kappa shape index (κ1) is 9.27. The summed E-state index contributed by atoms with van der Waals surface area (Å²) in [7, 11) is -0.266. The molecule has 1 N–H and O–H groups in total. The zero-order valence-electron chi connectivity index (χ0n) is 7.80. The van der Waals surface area contributed by atoms with Crippen LogP contribution in [0.15, 0.2) is 0 Å². The topological polar surface area (TPSA) is 20.2 Å². The van der Waals surface area contributed by atoms with Gasteiger partial charge in [0.05, 0.1) is 6.10 Å². The highest BCUT2D eigenvalue weighted by Gasteiger charge is 2.31. The smallest absolute Gasteiger partial charge is 0.0568 e. The zero-order valence-corrected chi connectivity index (χ0v) is 8.80. The molecule has 1 unspecified atom stereocenters. The van der Waals surface area contributed by atoms with Crippen molar-refractivity contribution in [3.63, 3.8) is 0 Å². The molecular weight excluding hydrogens is 152 g/mol. The predicted octanol–water partition coefficient (Wildman–Crippen LogP) is 2.29. The van der Waals surface area contributed by atoms with Crippen LogP contribution in [0.4, 0.5) is 0 Å². The summed E-state index contributed by atoms with van der Waals surface area (Å²) in [5.41, 5.74) is 0.656. The van der Waals surface area contributed by atoms with E-state index in [1.54, 1.807) is 0 Å². The van der Waals surface area contributed by atoms with Crippen LogP contribution in [0.1, 0.15) is 26.2 Å². The summed E-state index contributed by atoms with van der Waals surface area (Å²) >= 11 is 0. The van der Waals surface area contributed by atoms with E-state index in [4.69, 9.17) is 0 Å². The van der Waals surface area contributed by atoms with Crippen molar-refractivity contribution in [1.82, 2.24) is 0 Å². The minimum Gasteiger partial charge on any atom is -0.393 e. The average molecular weight is 171 g/mol. The Morgan fingerprint density at radius 3 is 2.36 bits per heavy atom. The maximum absolute atomic E-state index is 9.83. The van der Waals surface area contributed by atoms with Crippen LogP contribution < -0.4 is 0 Å². The molecular formula is C9H19OSi. The normalized spacial score (nSPS) is 39.5. The fourth-order valence-corrected chi connectivity index (χ4v) is 3.82. The Balaban J connectivity index is 2.51. The second kappa shape index (κ2) is 3.72. The highest BCUT2D eigenvalue weighted by atomic mass is 28.3. The van der Waals surface area contributed by atoms with Crippen molar-refractivity contribution >= 4 is 8.80 Å². The van der Waals surface area contributed by atoms with Crippen molar-refractivity contribution in [2.75, 3.05) is 0 Å². The number of aliphatic hydroxyl groups excluding tert-OH is 1. The number of rotatable bonds is 1. The lowest BCUT2D eigenvalue weighted by Crippen LogP contribution is -2.34. The summed E-state index contributed by atoms with van der Waals surface area (Å²) in [6.45, 7) is 6.81. The predicted molar refractivity (Wildman–Crippen MR) is 50.3 cm³/mol. The molecule has 2 heteroatoms. The quantitative estimate of drug-likeness (QED) is 0.600. The second-order valence-corrected chi connectivity index (χ2v) is 6.98. The molecule has 1 nitrogen and oxygen atoms in total. The highest BCUT2D eigenvalue weighted by Crippen LogP contribution is 2.35. The summed E-state index contributed by atoms with van der Waals surface area (Å²) in [6, 6.07) is 0. The Kier molecular flexibility index (Phi) is 3.13. The third-order valence-electron chi connectivity index (χ3n) is 2.91. The van der Waals surface area contributed by atoms with Crippen LogP contribution in [0.2, 0.25) is 18.6 Å². The van der Waals surface area contributed by atoms with Crippen LogP contribution in [0, 0.1) is 5.92 Å².